The summed E-state index contributed by atoms with van der Waals surface area (Å²) in [6, 6.07) is 10.5. The summed E-state index contributed by atoms with van der Waals surface area (Å²) in [6.07, 6.45) is 0.1000. The molecule has 0 amide bonds. The predicted octanol–water partition coefficient (Wildman–Crippen LogP) is 4.34. The van der Waals surface area contributed by atoms with Crippen LogP contribution in [0.5, 0.6) is 0 Å². The van der Waals surface area contributed by atoms with Crippen LogP contribution in [0.4, 0.5) is 10.1 Å². The molecule has 0 aliphatic heterocycles. The van der Waals surface area contributed by atoms with E-state index in [2.05, 4.69) is 10.3 Å². The van der Waals surface area contributed by atoms with E-state index in [1.54, 1.807) is 24.3 Å². The Morgan fingerprint density at radius 1 is 1.20 bits per heavy atom. The number of halogens is 2. The topological polar surface area (TPSA) is 82.2 Å². The fourth-order valence-corrected chi connectivity index (χ4v) is 2.79. The molecule has 0 saturated carbocycles. The molecule has 128 valence electrons. The Kier molecular flexibility index (Phi) is 4.72. The number of hydrogen-bond acceptors (Lipinski definition) is 3. The van der Waals surface area contributed by atoms with Crippen molar-refractivity contribution in [2.24, 2.45) is 0 Å². The zero-order chi connectivity index (χ0) is 18.0. The van der Waals surface area contributed by atoms with Crippen LogP contribution in [-0.2, 0) is 0 Å². The first-order valence-electron chi connectivity index (χ1n) is 7.53. The minimum Gasteiger partial charge on any atom is -0.477 e. The van der Waals surface area contributed by atoms with Crippen molar-refractivity contribution in [2.45, 2.75) is 6.42 Å². The summed E-state index contributed by atoms with van der Waals surface area (Å²) in [4.78, 5) is 26.3. The molecule has 0 aliphatic carbocycles. The average Bonchev–Trinajstić information content (AvgIpc) is 2.93. The number of Topliss-reactive ketones (excluding diaryl/α,β-unsaturated/α-hetero) is 1. The van der Waals surface area contributed by atoms with Crippen molar-refractivity contribution >= 4 is 39.9 Å². The monoisotopic (exact) mass is 360 g/mol. The third kappa shape index (κ3) is 3.64. The van der Waals surface area contributed by atoms with E-state index in [0.29, 0.717) is 21.6 Å². The quantitative estimate of drug-likeness (QED) is 0.571. The molecule has 0 atom stereocenters. The molecule has 7 heteroatoms. The molecule has 3 aromatic rings. The lowest BCUT2D eigenvalue weighted by Gasteiger charge is -2.07. The Hall–Kier alpha value is -2.86. The number of carbonyl (C=O) groups excluding carboxylic acids is 1. The first kappa shape index (κ1) is 17.0. The van der Waals surface area contributed by atoms with E-state index < -0.39 is 11.8 Å². The van der Waals surface area contributed by atoms with E-state index >= 15 is 0 Å². The number of aromatic nitrogens is 1. The number of anilines is 1. The molecule has 1 aromatic heterocycles. The van der Waals surface area contributed by atoms with Gasteiger partial charge in [0.1, 0.15) is 11.5 Å². The first-order chi connectivity index (χ1) is 12.0. The zero-order valence-electron chi connectivity index (χ0n) is 13.0. The lowest BCUT2D eigenvalue weighted by Crippen LogP contribution is -2.11. The molecule has 25 heavy (non-hydrogen) atoms. The number of carboxylic acid groups (broad SMARTS) is 1. The number of hydrogen-bond donors (Lipinski definition) is 3. The van der Waals surface area contributed by atoms with Gasteiger partial charge in [0.15, 0.2) is 5.78 Å². The third-order valence-corrected chi connectivity index (χ3v) is 4.01. The number of carboxylic acids is 1. The summed E-state index contributed by atoms with van der Waals surface area (Å²) in [5, 5.41) is 13.5. The van der Waals surface area contributed by atoms with Gasteiger partial charge in [0.25, 0.3) is 0 Å². The van der Waals surface area contributed by atoms with Crippen molar-refractivity contribution in [3.63, 3.8) is 0 Å². The molecular formula is C18H14ClFN2O3. The fraction of sp³-hybridized carbons (Fsp3) is 0.111. The highest BCUT2D eigenvalue weighted by Gasteiger charge is 2.17. The summed E-state index contributed by atoms with van der Waals surface area (Å²) in [6.45, 7) is 0.213. The number of rotatable bonds is 6. The Labute approximate surface area is 147 Å². The maximum Gasteiger partial charge on any atom is 0.354 e. The van der Waals surface area contributed by atoms with Gasteiger partial charge in [-0.15, -0.1) is 0 Å². The van der Waals surface area contributed by atoms with E-state index in [1.807, 2.05) is 0 Å². The van der Waals surface area contributed by atoms with Gasteiger partial charge in [-0.25, -0.2) is 9.18 Å². The van der Waals surface area contributed by atoms with E-state index in [-0.39, 0.29) is 30.0 Å². The second-order valence-electron chi connectivity index (χ2n) is 5.48. The molecule has 1 heterocycles. The van der Waals surface area contributed by atoms with Crippen LogP contribution in [0.15, 0.2) is 42.5 Å². The molecule has 5 nitrogen and oxygen atoms in total. The van der Waals surface area contributed by atoms with Crippen LogP contribution in [0.1, 0.15) is 27.3 Å². The molecule has 0 unspecified atom stereocenters. The molecule has 0 aliphatic rings. The standard InChI is InChI=1S/C18H14ClFN2O3/c19-11-4-5-13-14(9-11)22-17(18(24)25)16(13)21-7-6-15(23)10-2-1-3-12(20)8-10/h1-5,8-9,21-22H,6-7H2,(H,24,25). The molecule has 0 fully saturated rings. The van der Waals surface area contributed by atoms with Gasteiger partial charge in [0.2, 0.25) is 0 Å². The largest absolute Gasteiger partial charge is 0.477 e. The van der Waals surface area contributed by atoms with Crippen LogP contribution >= 0.6 is 11.6 Å². The van der Waals surface area contributed by atoms with Gasteiger partial charge in [-0.2, -0.15) is 0 Å². The lowest BCUT2D eigenvalue weighted by atomic mass is 10.1. The van der Waals surface area contributed by atoms with E-state index in [4.69, 9.17) is 11.6 Å². The Morgan fingerprint density at radius 2 is 2.00 bits per heavy atom. The van der Waals surface area contributed by atoms with E-state index in [9.17, 15) is 19.1 Å². The number of carbonyl (C=O) groups is 2. The Morgan fingerprint density at radius 3 is 2.72 bits per heavy atom. The van der Waals surface area contributed by atoms with Crippen molar-refractivity contribution in [3.8, 4) is 0 Å². The van der Waals surface area contributed by atoms with Crippen molar-refractivity contribution in [3.05, 3.63) is 64.6 Å². The molecular weight excluding hydrogens is 347 g/mol. The molecule has 0 bridgehead atoms. The summed E-state index contributed by atoms with van der Waals surface area (Å²) < 4.78 is 13.2. The number of benzene rings is 2. The third-order valence-electron chi connectivity index (χ3n) is 3.77. The number of aromatic carboxylic acids is 1. The number of nitrogens with one attached hydrogen (secondary N) is 2. The minimum atomic E-state index is -1.12. The van der Waals surface area contributed by atoms with Crippen LogP contribution in [0, 0.1) is 5.82 Å². The second kappa shape index (κ2) is 6.94. The van der Waals surface area contributed by atoms with Gasteiger partial charge in [0, 0.05) is 34.5 Å². The van der Waals surface area contributed by atoms with Crippen LogP contribution in [0.25, 0.3) is 10.9 Å². The highest BCUT2D eigenvalue weighted by molar-refractivity contribution is 6.31. The number of H-pyrrole nitrogens is 1. The molecule has 0 spiro atoms. The summed E-state index contributed by atoms with van der Waals surface area (Å²) in [5.74, 6) is -1.82. The van der Waals surface area contributed by atoms with Crippen LogP contribution in [0.2, 0.25) is 5.02 Å². The summed E-state index contributed by atoms with van der Waals surface area (Å²) in [5.41, 5.74) is 1.26. The van der Waals surface area contributed by atoms with Crippen molar-refractivity contribution < 1.29 is 19.1 Å². The van der Waals surface area contributed by atoms with Crippen molar-refractivity contribution in [1.82, 2.24) is 4.98 Å². The zero-order valence-corrected chi connectivity index (χ0v) is 13.7. The Balaban J connectivity index is 1.77. The highest BCUT2D eigenvalue weighted by atomic mass is 35.5. The number of ketones is 1. The highest BCUT2D eigenvalue weighted by Crippen LogP contribution is 2.30. The molecule has 0 radical (unpaired) electrons. The SMILES string of the molecule is O=C(CCNc1c(C(=O)O)[nH]c2cc(Cl)ccc12)c1cccc(F)c1. The van der Waals surface area contributed by atoms with E-state index in [0.717, 1.165) is 0 Å². The summed E-state index contributed by atoms with van der Waals surface area (Å²) >= 11 is 5.92. The van der Waals surface area contributed by atoms with Gasteiger partial charge >= 0.3 is 5.97 Å². The van der Waals surface area contributed by atoms with Crippen LogP contribution in [0.3, 0.4) is 0 Å². The van der Waals surface area contributed by atoms with E-state index in [1.165, 1.54) is 18.2 Å². The van der Waals surface area contributed by atoms with Crippen molar-refractivity contribution in [2.75, 3.05) is 11.9 Å². The first-order valence-corrected chi connectivity index (χ1v) is 7.90. The van der Waals surface area contributed by atoms with Gasteiger partial charge in [-0.05, 0) is 30.3 Å². The normalized spacial score (nSPS) is 10.8. The lowest BCUT2D eigenvalue weighted by molar-refractivity contribution is 0.0692. The van der Waals surface area contributed by atoms with Gasteiger partial charge in [-0.3, -0.25) is 4.79 Å². The summed E-state index contributed by atoms with van der Waals surface area (Å²) in [7, 11) is 0. The van der Waals surface area contributed by atoms with Crippen LogP contribution in [-0.4, -0.2) is 28.4 Å². The fourth-order valence-electron chi connectivity index (χ4n) is 2.62. The van der Waals surface area contributed by atoms with Crippen LogP contribution < -0.4 is 5.32 Å². The van der Waals surface area contributed by atoms with Gasteiger partial charge in [0.05, 0.1) is 5.69 Å². The number of fused-ring (bicyclic) bond motifs is 1. The smallest absolute Gasteiger partial charge is 0.354 e. The molecule has 3 rings (SSSR count). The van der Waals surface area contributed by atoms with Gasteiger partial charge < -0.3 is 15.4 Å². The maximum atomic E-state index is 13.2. The molecule has 2 aromatic carbocycles. The minimum absolute atomic E-state index is 0.00419. The second-order valence-corrected chi connectivity index (χ2v) is 5.92. The number of aromatic amines is 1. The van der Waals surface area contributed by atoms with Crippen molar-refractivity contribution in [1.29, 1.82) is 0 Å². The molecule has 0 saturated heterocycles. The Bertz CT molecular complexity index is 968. The predicted molar refractivity (Wildman–Crippen MR) is 94.1 cm³/mol. The maximum absolute atomic E-state index is 13.2. The molecule has 3 N–H and O–H groups in total. The average molecular weight is 361 g/mol. The van der Waals surface area contributed by atoms with Gasteiger partial charge in [-0.1, -0.05) is 23.7 Å².